The zero-order valence-electron chi connectivity index (χ0n) is 11.1. The fourth-order valence-electron chi connectivity index (χ4n) is 1.96. The lowest BCUT2D eigenvalue weighted by atomic mass is 10.0. The van der Waals surface area contributed by atoms with Crippen LogP contribution in [0.5, 0.6) is 0 Å². The lowest BCUT2D eigenvalue weighted by molar-refractivity contribution is 0.147. The van der Waals surface area contributed by atoms with Crippen molar-refractivity contribution in [2.45, 2.75) is 39.7 Å². The molecule has 0 aromatic heterocycles. The SMILES string of the molecule is CCN(CCc1cccc(Cl)c1Cl)C(C)(C)C. The van der Waals surface area contributed by atoms with Gasteiger partial charge in [-0.1, -0.05) is 42.3 Å². The minimum Gasteiger partial charge on any atom is -0.298 e. The second-order valence-electron chi connectivity index (χ2n) is 5.21. The molecule has 0 spiro atoms. The van der Waals surface area contributed by atoms with Crippen LogP contribution in [-0.2, 0) is 6.42 Å². The van der Waals surface area contributed by atoms with Crippen LogP contribution < -0.4 is 0 Å². The zero-order chi connectivity index (χ0) is 13.1. The van der Waals surface area contributed by atoms with Gasteiger partial charge in [-0.15, -0.1) is 0 Å². The van der Waals surface area contributed by atoms with Crippen LogP contribution in [0, 0.1) is 0 Å². The molecule has 0 N–H and O–H groups in total. The van der Waals surface area contributed by atoms with Crippen LogP contribution in [0.25, 0.3) is 0 Å². The molecule has 0 amide bonds. The number of hydrogen-bond acceptors (Lipinski definition) is 1. The summed E-state index contributed by atoms with van der Waals surface area (Å²) in [4.78, 5) is 2.43. The van der Waals surface area contributed by atoms with Crippen molar-refractivity contribution < 1.29 is 0 Å². The third-order valence-electron chi connectivity index (χ3n) is 3.01. The Morgan fingerprint density at radius 1 is 1.18 bits per heavy atom. The monoisotopic (exact) mass is 273 g/mol. The van der Waals surface area contributed by atoms with Crippen LogP contribution in [0.1, 0.15) is 33.3 Å². The predicted octanol–water partition coefficient (Wildman–Crippen LogP) is 4.66. The first-order chi connectivity index (χ1) is 7.86. The summed E-state index contributed by atoms with van der Waals surface area (Å²) in [6, 6.07) is 5.83. The Hall–Kier alpha value is -0.240. The van der Waals surface area contributed by atoms with E-state index in [2.05, 4.69) is 32.6 Å². The lowest BCUT2D eigenvalue weighted by Gasteiger charge is -2.34. The second kappa shape index (κ2) is 6.08. The summed E-state index contributed by atoms with van der Waals surface area (Å²) in [7, 11) is 0. The summed E-state index contributed by atoms with van der Waals surface area (Å²) in [5, 5.41) is 1.34. The van der Waals surface area contributed by atoms with E-state index in [1.807, 2.05) is 18.2 Å². The van der Waals surface area contributed by atoms with Gasteiger partial charge in [-0.05, 0) is 45.4 Å². The molecule has 0 aliphatic heterocycles. The third kappa shape index (κ3) is 4.17. The average Bonchev–Trinajstić information content (AvgIpc) is 2.23. The standard InChI is InChI=1S/C14H21Cl2N/c1-5-17(14(2,3)4)10-9-11-7-6-8-12(15)13(11)16/h6-8H,5,9-10H2,1-4H3. The molecule has 0 aliphatic carbocycles. The molecule has 96 valence electrons. The van der Waals surface area contributed by atoms with Crippen molar-refractivity contribution in [2.75, 3.05) is 13.1 Å². The molecule has 0 aliphatic rings. The predicted molar refractivity (Wildman–Crippen MR) is 77.2 cm³/mol. The molecule has 0 bridgehead atoms. The Kier molecular flexibility index (Phi) is 5.30. The van der Waals surface area contributed by atoms with Crippen LogP contribution in [0.15, 0.2) is 18.2 Å². The molecule has 1 aromatic rings. The van der Waals surface area contributed by atoms with E-state index in [0.29, 0.717) is 10.0 Å². The number of rotatable bonds is 4. The molecule has 3 heteroatoms. The van der Waals surface area contributed by atoms with Crippen molar-refractivity contribution in [3.63, 3.8) is 0 Å². The Bertz CT molecular complexity index is 369. The largest absolute Gasteiger partial charge is 0.298 e. The summed E-state index contributed by atoms with van der Waals surface area (Å²) in [6.45, 7) is 10.9. The topological polar surface area (TPSA) is 3.24 Å². The van der Waals surface area contributed by atoms with Crippen molar-refractivity contribution in [1.29, 1.82) is 0 Å². The lowest BCUT2D eigenvalue weighted by Crippen LogP contribution is -2.42. The number of benzene rings is 1. The molecule has 1 nitrogen and oxygen atoms in total. The van der Waals surface area contributed by atoms with E-state index in [1.54, 1.807) is 0 Å². The van der Waals surface area contributed by atoms with Gasteiger partial charge in [0.15, 0.2) is 0 Å². The van der Waals surface area contributed by atoms with Gasteiger partial charge >= 0.3 is 0 Å². The third-order valence-corrected chi connectivity index (χ3v) is 3.87. The molecule has 1 aromatic carbocycles. The molecule has 0 saturated heterocycles. The van der Waals surface area contributed by atoms with Crippen molar-refractivity contribution in [2.24, 2.45) is 0 Å². The van der Waals surface area contributed by atoms with Crippen molar-refractivity contribution in [3.8, 4) is 0 Å². The molecule has 1 rings (SSSR count). The average molecular weight is 274 g/mol. The van der Waals surface area contributed by atoms with Crippen molar-refractivity contribution in [1.82, 2.24) is 4.90 Å². The fraction of sp³-hybridized carbons (Fsp3) is 0.571. The van der Waals surface area contributed by atoms with E-state index < -0.39 is 0 Å². The maximum atomic E-state index is 6.18. The quantitative estimate of drug-likeness (QED) is 0.772. The molecule has 0 heterocycles. The van der Waals surface area contributed by atoms with Crippen LogP contribution in [0.4, 0.5) is 0 Å². The molecule has 17 heavy (non-hydrogen) atoms. The molecule has 0 fully saturated rings. The highest BCUT2D eigenvalue weighted by molar-refractivity contribution is 6.42. The van der Waals surface area contributed by atoms with Crippen LogP contribution >= 0.6 is 23.2 Å². The van der Waals surface area contributed by atoms with Gasteiger partial charge in [-0.2, -0.15) is 0 Å². The Morgan fingerprint density at radius 3 is 2.35 bits per heavy atom. The van der Waals surface area contributed by atoms with Gasteiger partial charge in [0, 0.05) is 12.1 Å². The first-order valence-corrected chi connectivity index (χ1v) is 6.79. The van der Waals surface area contributed by atoms with E-state index in [0.717, 1.165) is 25.1 Å². The van der Waals surface area contributed by atoms with Crippen molar-refractivity contribution >= 4 is 23.2 Å². The normalized spacial score (nSPS) is 12.2. The minimum atomic E-state index is 0.194. The number of halogens is 2. The summed E-state index contributed by atoms with van der Waals surface area (Å²) in [5.41, 5.74) is 1.32. The maximum absolute atomic E-state index is 6.18. The minimum absolute atomic E-state index is 0.194. The molecule has 0 unspecified atom stereocenters. The second-order valence-corrected chi connectivity index (χ2v) is 6.00. The molecule has 0 saturated carbocycles. The van der Waals surface area contributed by atoms with Gasteiger partial charge in [0.2, 0.25) is 0 Å². The number of hydrogen-bond donors (Lipinski definition) is 0. The van der Waals surface area contributed by atoms with E-state index in [1.165, 1.54) is 0 Å². The number of likely N-dealkylation sites (N-methyl/N-ethyl adjacent to an activating group) is 1. The smallest absolute Gasteiger partial charge is 0.0624 e. The maximum Gasteiger partial charge on any atom is 0.0624 e. The molecular weight excluding hydrogens is 253 g/mol. The summed E-state index contributed by atoms with van der Waals surface area (Å²) < 4.78 is 0. The number of nitrogens with zero attached hydrogens (tertiary/aromatic N) is 1. The first-order valence-electron chi connectivity index (χ1n) is 6.04. The molecular formula is C14H21Cl2N. The highest BCUT2D eigenvalue weighted by Gasteiger charge is 2.19. The van der Waals surface area contributed by atoms with Crippen LogP contribution in [0.2, 0.25) is 10.0 Å². The summed E-state index contributed by atoms with van der Waals surface area (Å²) in [6.07, 6.45) is 0.935. The van der Waals surface area contributed by atoms with E-state index in [9.17, 15) is 0 Å². The van der Waals surface area contributed by atoms with Gasteiger partial charge in [0.1, 0.15) is 0 Å². The first kappa shape index (κ1) is 14.8. The highest BCUT2D eigenvalue weighted by atomic mass is 35.5. The Balaban J connectivity index is 2.70. The fourth-order valence-corrected chi connectivity index (χ4v) is 2.38. The molecule has 0 radical (unpaired) electrons. The van der Waals surface area contributed by atoms with Crippen molar-refractivity contribution in [3.05, 3.63) is 33.8 Å². The molecule has 0 atom stereocenters. The zero-order valence-corrected chi connectivity index (χ0v) is 12.6. The van der Waals surface area contributed by atoms with Gasteiger partial charge < -0.3 is 0 Å². The van der Waals surface area contributed by atoms with Crippen LogP contribution in [0.3, 0.4) is 0 Å². The van der Waals surface area contributed by atoms with E-state index >= 15 is 0 Å². The van der Waals surface area contributed by atoms with Gasteiger partial charge in [0.25, 0.3) is 0 Å². The Labute approximate surface area is 115 Å². The van der Waals surface area contributed by atoms with Gasteiger partial charge in [-0.3, -0.25) is 4.90 Å². The highest BCUT2D eigenvalue weighted by Crippen LogP contribution is 2.26. The van der Waals surface area contributed by atoms with Gasteiger partial charge in [0.05, 0.1) is 10.0 Å². The Morgan fingerprint density at radius 2 is 1.82 bits per heavy atom. The van der Waals surface area contributed by atoms with E-state index in [4.69, 9.17) is 23.2 Å². The summed E-state index contributed by atoms with van der Waals surface area (Å²) in [5.74, 6) is 0. The van der Waals surface area contributed by atoms with Crippen LogP contribution in [-0.4, -0.2) is 23.5 Å². The van der Waals surface area contributed by atoms with E-state index in [-0.39, 0.29) is 5.54 Å². The van der Waals surface area contributed by atoms with Gasteiger partial charge in [-0.25, -0.2) is 0 Å². The summed E-state index contributed by atoms with van der Waals surface area (Å²) >= 11 is 12.2.